The van der Waals surface area contributed by atoms with Crippen molar-refractivity contribution in [3.8, 4) is 0 Å². The minimum absolute atomic E-state index is 0.144. The van der Waals surface area contributed by atoms with Gasteiger partial charge in [0, 0.05) is 65.2 Å². The van der Waals surface area contributed by atoms with Crippen LogP contribution in [-0.2, 0) is 14.2 Å². The van der Waals surface area contributed by atoms with Crippen molar-refractivity contribution in [1.82, 2.24) is 20.0 Å². The first-order valence-electron chi connectivity index (χ1n) is 12.2. The molecule has 0 bridgehead atoms. The molecule has 3 aliphatic rings. The highest BCUT2D eigenvalue weighted by molar-refractivity contribution is 5.73. The predicted molar refractivity (Wildman–Crippen MR) is 123 cm³/mol. The second kappa shape index (κ2) is 13.4. The quantitative estimate of drug-likeness (QED) is 0.182. The van der Waals surface area contributed by atoms with Gasteiger partial charge in [0.15, 0.2) is 0 Å². The number of aliphatic hydroxyl groups is 5. The van der Waals surface area contributed by atoms with Crippen LogP contribution in [0.1, 0.15) is 0 Å². The molecule has 8 atom stereocenters. The molecule has 3 heterocycles. The van der Waals surface area contributed by atoms with E-state index in [1.165, 1.54) is 4.90 Å². The van der Waals surface area contributed by atoms with Crippen molar-refractivity contribution in [3.05, 3.63) is 0 Å². The molecule has 204 valence electrons. The van der Waals surface area contributed by atoms with Crippen LogP contribution in [0, 0.1) is 11.8 Å². The van der Waals surface area contributed by atoms with Gasteiger partial charge in [-0.3, -0.25) is 4.90 Å². The third-order valence-corrected chi connectivity index (χ3v) is 7.09. The molecule has 0 spiro atoms. The fourth-order valence-corrected chi connectivity index (χ4v) is 4.64. The lowest BCUT2D eigenvalue weighted by molar-refractivity contribution is -0.184. The topological polar surface area (TPSA) is 168 Å². The van der Waals surface area contributed by atoms with Crippen molar-refractivity contribution < 1.29 is 44.5 Å². The smallest absolute Gasteiger partial charge is 0.316 e. The lowest BCUT2D eigenvalue weighted by Crippen LogP contribution is -2.56. The molecule has 0 aliphatic carbocycles. The normalized spacial score (nSPS) is 37.2. The molecule has 35 heavy (non-hydrogen) atoms. The molecule has 0 unspecified atom stereocenters. The third-order valence-electron chi connectivity index (χ3n) is 7.09. The Bertz CT molecular complexity index is 652. The zero-order chi connectivity index (χ0) is 25.5. The van der Waals surface area contributed by atoms with Gasteiger partial charge in [-0.2, -0.15) is 0 Å². The minimum Gasteiger partial charge on any atom is -0.394 e. The van der Waals surface area contributed by atoms with Crippen LogP contribution in [-0.4, -0.2) is 169 Å². The molecule has 0 radical (unpaired) electrons. The zero-order valence-electron chi connectivity index (χ0n) is 20.6. The molecule has 0 saturated carbocycles. The molecule has 0 aromatic carbocycles. The fourth-order valence-electron chi connectivity index (χ4n) is 4.64. The Labute approximate surface area is 206 Å². The van der Waals surface area contributed by atoms with Crippen LogP contribution in [0.4, 0.5) is 4.79 Å². The van der Waals surface area contributed by atoms with Crippen molar-refractivity contribution >= 4 is 6.03 Å². The van der Waals surface area contributed by atoms with E-state index in [2.05, 4.69) is 15.1 Å². The summed E-state index contributed by atoms with van der Waals surface area (Å²) in [6.07, 6.45) is -5.52. The maximum absolute atomic E-state index is 11.7. The number of piperazine rings is 1. The van der Waals surface area contributed by atoms with Gasteiger partial charge >= 0.3 is 6.03 Å². The Kier molecular flexibility index (Phi) is 10.9. The number of urea groups is 1. The number of rotatable bonds is 9. The van der Waals surface area contributed by atoms with E-state index in [1.54, 1.807) is 14.1 Å². The Morgan fingerprint density at radius 3 is 2.14 bits per heavy atom. The number of hydrogen-bond donors (Lipinski definition) is 6. The first-order valence-corrected chi connectivity index (χ1v) is 12.2. The highest BCUT2D eigenvalue weighted by atomic mass is 16.6. The van der Waals surface area contributed by atoms with Gasteiger partial charge in [-0.05, 0) is 0 Å². The van der Waals surface area contributed by atoms with Crippen LogP contribution >= 0.6 is 0 Å². The van der Waals surface area contributed by atoms with Crippen molar-refractivity contribution in [2.75, 3.05) is 86.5 Å². The largest absolute Gasteiger partial charge is 0.394 e. The predicted octanol–water partition coefficient (Wildman–Crippen LogP) is -3.68. The van der Waals surface area contributed by atoms with Crippen LogP contribution in [0.25, 0.3) is 0 Å². The number of nitrogens with zero attached hydrogens (tertiary/aromatic N) is 3. The van der Waals surface area contributed by atoms with Crippen LogP contribution in [0.5, 0.6) is 0 Å². The second-order valence-electron chi connectivity index (χ2n) is 9.91. The molecule has 13 heteroatoms. The fraction of sp³-hybridized carbons (Fsp3) is 0.955. The summed E-state index contributed by atoms with van der Waals surface area (Å²) in [7, 11) is 3.25. The summed E-state index contributed by atoms with van der Waals surface area (Å²) in [4.78, 5) is 17.4. The number of hydrogen-bond acceptors (Lipinski definition) is 11. The molecule has 3 aliphatic heterocycles. The van der Waals surface area contributed by atoms with E-state index in [1.807, 2.05) is 0 Å². The highest BCUT2D eigenvalue weighted by Crippen LogP contribution is 2.23. The Hall–Kier alpha value is -1.13. The van der Waals surface area contributed by atoms with E-state index in [0.717, 1.165) is 26.2 Å². The number of aliphatic hydroxyl groups excluding tert-OH is 5. The van der Waals surface area contributed by atoms with Crippen molar-refractivity contribution in [3.63, 3.8) is 0 Å². The van der Waals surface area contributed by atoms with E-state index in [4.69, 9.17) is 14.2 Å². The lowest BCUT2D eigenvalue weighted by Gasteiger charge is -2.41. The highest BCUT2D eigenvalue weighted by Gasteiger charge is 2.40. The maximum Gasteiger partial charge on any atom is 0.316 e. The van der Waals surface area contributed by atoms with Gasteiger partial charge in [0.25, 0.3) is 0 Å². The van der Waals surface area contributed by atoms with Gasteiger partial charge in [-0.1, -0.05) is 0 Å². The van der Waals surface area contributed by atoms with E-state index < -0.39 is 42.5 Å². The summed E-state index contributed by atoms with van der Waals surface area (Å²) in [6, 6.07) is -0.270. The summed E-state index contributed by atoms with van der Waals surface area (Å²) in [6.45, 7) is 4.57. The van der Waals surface area contributed by atoms with Gasteiger partial charge in [0.2, 0.25) is 0 Å². The van der Waals surface area contributed by atoms with E-state index >= 15 is 0 Å². The van der Waals surface area contributed by atoms with Gasteiger partial charge in [-0.25, -0.2) is 4.79 Å². The third kappa shape index (κ3) is 7.68. The monoisotopic (exact) mass is 506 g/mol. The lowest BCUT2D eigenvalue weighted by atomic mass is 9.92. The van der Waals surface area contributed by atoms with Gasteiger partial charge < -0.3 is 54.9 Å². The Morgan fingerprint density at radius 1 is 0.914 bits per heavy atom. The standard InChI is InChI=1S/C22H42N4O9/c1-24(2)22(32)23-7-14-10-35-17(21(31)18(14)28)12-33-13-26-5-3-25(4-6-26)8-15-11-34-16(9-27)20(30)19(15)29/h14-21,27-31H,3-13H2,1-2H3,(H,23,32)/t14-,15-,16-,17-,18-,19-,20+,21+/m1/s1. The summed E-state index contributed by atoms with van der Waals surface area (Å²) in [5, 5.41) is 53.1. The molecule has 2 amide bonds. The first-order chi connectivity index (χ1) is 16.7. The van der Waals surface area contributed by atoms with Gasteiger partial charge in [-0.15, -0.1) is 0 Å². The molecule has 0 aromatic rings. The summed E-state index contributed by atoms with van der Waals surface area (Å²) >= 11 is 0. The minimum atomic E-state index is -1.10. The number of nitrogens with one attached hydrogen (secondary N) is 1. The van der Waals surface area contributed by atoms with Crippen molar-refractivity contribution in [2.45, 2.75) is 36.6 Å². The number of carbonyl (C=O) groups is 1. The van der Waals surface area contributed by atoms with E-state index in [9.17, 15) is 30.3 Å². The molecule has 0 aromatic heterocycles. The summed E-state index contributed by atoms with van der Waals surface area (Å²) in [5.41, 5.74) is 0. The zero-order valence-corrected chi connectivity index (χ0v) is 20.6. The Balaban J connectivity index is 1.31. The van der Waals surface area contributed by atoms with Crippen LogP contribution < -0.4 is 5.32 Å². The molecular formula is C22H42N4O9. The number of amides is 2. The molecule has 13 nitrogen and oxygen atoms in total. The van der Waals surface area contributed by atoms with E-state index in [0.29, 0.717) is 19.9 Å². The average Bonchev–Trinajstić information content (AvgIpc) is 2.85. The summed E-state index contributed by atoms with van der Waals surface area (Å²) < 4.78 is 16.9. The molecule has 6 N–H and O–H groups in total. The maximum atomic E-state index is 11.7. The van der Waals surface area contributed by atoms with Gasteiger partial charge in [0.1, 0.15) is 24.4 Å². The number of carbonyl (C=O) groups excluding carboxylic acids is 1. The number of ether oxygens (including phenoxy) is 3. The summed E-state index contributed by atoms with van der Waals surface area (Å²) in [5.74, 6) is -0.617. The average molecular weight is 507 g/mol. The molecule has 3 fully saturated rings. The SMILES string of the molecule is CN(C)C(=O)NC[C@@H]1CO[C@H](COCN2CCN(C[C@@H]3CO[C@H](CO)[C@H](O)[C@@H]3O)CC2)[C@H](O)[C@@H]1O. The molecule has 3 saturated heterocycles. The van der Waals surface area contributed by atoms with Crippen LogP contribution in [0.15, 0.2) is 0 Å². The van der Waals surface area contributed by atoms with Crippen LogP contribution in [0.3, 0.4) is 0 Å². The molecular weight excluding hydrogens is 464 g/mol. The second-order valence-corrected chi connectivity index (χ2v) is 9.91. The molecule has 3 rings (SSSR count). The van der Waals surface area contributed by atoms with Gasteiger partial charge in [0.05, 0.1) is 45.4 Å². The van der Waals surface area contributed by atoms with Crippen molar-refractivity contribution in [1.29, 1.82) is 0 Å². The van der Waals surface area contributed by atoms with Crippen LogP contribution in [0.2, 0.25) is 0 Å². The first kappa shape index (κ1) is 28.4. The van der Waals surface area contributed by atoms with E-state index in [-0.39, 0.29) is 38.3 Å². The van der Waals surface area contributed by atoms with Crippen molar-refractivity contribution in [2.24, 2.45) is 11.8 Å². The Morgan fingerprint density at radius 2 is 1.49 bits per heavy atom.